The van der Waals surface area contributed by atoms with E-state index < -0.39 is 0 Å². The van der Waals surface area contributed by atoms with Gasteiger partial charge in [0.2, 0.25) is 0 Å². The van der Waals surface area contributed by atoms with E-state index >= 15 is 0 Å². The first-order chi connectivity index (χ1) is 34.0. The molecule has 0 amide bonds. The molecule has 0 aromatic heterocycles. The van der Waals surface area contributed by atoms with E-state index in [1.165, 1.54) is 99.3 Å². The molecule has 14 fully saturated rings. The van der Waals surface area contributed by atoms with Crippen LogP contribution >= 0.6 is 0 Å². The molecule has 5 aromatic rings. The highest BCUT2D eigenvalue weighted by atomic mass is 14.8. The van der Waals surface area contributed by atoms with Crippen LogP contribution in [0.5, 0.6) is 0 Å². The zero-order chi connectivity index (χ0) is 48.4. The van der Waals surface area contributed by atoms with E-state index in [1.807, 2.05) is 33.8 Å². The van der Waals surface area contributed by atoms with Crippen molar-refractivity contribution < 1.29 is 0 Å². The molecule has 0 heteroatoms. The predicted molar refractivity (Wildman–Crippen MR) is 296 cm³/mol. The largest absolute Gasteiger partial charge is 0.0985 e. The van der Waals surface area contributed by atoms with Crippen LogP contribution in [0, 0.1) is 87.3 Å². The second-order valence-corrected chi connectivity index (χ2v) is 26.0. The molecule has 20 rings (SSSR count). The highest BCUT2D eigenvalue weighted by Gasteiger charge is 2.70. The molecule has 0 spiro atoms. The van der Waals surface area contributed by atoms with Gasteiger partial charge in [0, 0.05) is 0 Å². The fraction of sp³-hybridized carbons (Fsp3) is 0.514. The van der Waals surface area contributed by atoms with Gasteiger partial charge in [-0.2, -0.15) is 0 Å². The summed E-state index contributed by atoms with van der Waals surface area (Å²) in [6.45, 7) is 24.0. The summed E-state index contributed by atoms with van der Waals surface area (Å²) in [4.78, 5) is 0. The highest BCUT2D eigenvalue weighted by Crippen LogP contribution is 2.78. The molecular formula is C70H84. The number of hydrogen-bond donors (Lipinski definition) is 0. The fourth-order valence-corrected chi connectivity index (χ4v) is 21.0. The number of rotatable bonds is 5. The van der Waals surface area contributed by atoms with E-state index in [9.17, 15) is 0 Å². The molecule has 0 aliphatic heterocycles. The minimum Gasteiger partial charge on any atom is -0.0985 e. The molecule has 15 aliphatic carbocycles. The highest BCUT2D eigenvalue weighted by molar-refractivity contribution is 5.86. The van der Waals surface area contributed by atoms with Gasteiger partial charge in [-0.3, -0.25) is 0 Å². The molecule has 0 N–H and O–H groups in total. The Balaban J connectivity index is 0.000000107. The van der Waals surface area contributed by atoms with E-state index in [0.717, 1.165) is 46.3 Å². The third-order valence-electron chi connectivity index (χ3n) is 22.5. The number of fused-ring (bicyclic) bond motifs is 3. The molecule has 0 radical (unpaired) electrons. The lowest BCUT2D eigenvalue weighted by Crippen LogP contribution is -2.68. The van der Waals surface area contributed by atoms with Crippen LogP contribution < -0.4 is 0 Å². The first kappa shape index (κ1) is 46.6. The van der Waals surface area contributed by atoms with Crippen LogP contribution in [0.25, 0.3) is 23.3 Å². The molecule has 14 saturated carbocycles. The number of benzene rings is 5. The Kier molecular flexibility index (Phi) is 11.4. The van der Waals surface area contributed by atoms with Gasteiger partial charge in [-0.25, -0.2) is 0 Å². The average molecular weight is 925 g/mol. The van der Waals surface area contributed by atoms with Gasteiger partial charge in [0.05, 0.1) is 5.41 Å². The monoisotopic (exact) mass is 925 g/mol. The smallest absolute Gasteiger partial charge is 0.0713 e. The number of hydrogen-bond acceptors (Lipinski definition) is 0. The fourth-order valence-electron chi connectivity index (χ4n) is 21.0. The van der Waals surface area contributed by atoms with Crippen LogP contribution in [0.4, 0.5) is 0 Å². The van der Waals surface area contributed by atoms with E-state index in [-0.39, 0.29) is 5.41 Å². The summed E-state index contributed by atoms with van der Waals surface area (Å²) < 4.78 is 0. The Hall–Kier alpha value is -4.42. The van der Waals surface area contributed by atoms with Crippen molar-refractivity contribution in [2.75, 3.05) is 0 Å². The first-order valence-electron chi connectivity index (χ1n) is 28.7. The van der Waals surface area contributed by atoms with Crippen molar-refractivity contribution in [3.05, 3.63) is 179 Å². The van der Waals surface area contributed by atoms with Gasteiger partial charge in [-0.1, -0.05) is 201 Å². The van der Waals surface area contributed by atoms with Crippen LogP contribution in [0.3, 0.4) is 0 Å². The Bertz CT molecular complexity index is 2500. The van der Waals surface area contributed by atoms with Gasteiger partial charge in [-0.15, -0.1) is 0 Å². The molecule has 364 valence electrons. The predicted octanol–water partition coefficient (Wildman–Crippen LogP) is 18.5. The SMILES string of the molecule is C=Cc1ccc(C=C)c(C23CC4C5CC6(C)CC4C(C2)C(C6)C5C3)c1.CC.CC.CC12CC3C4CC5(C)CC3C(C1)C(C5)C4C2.c1ccc(C2(c3ccccc3)c3ccccc3-c3ccccc32)cc1. The van der Waals surface area contributed by atoms with Crippen molar-refractivity contribution in [1.29, 1.82) is 0 Å². The second-order valence-electron chi connectivity index (χ2n) is 26.0. The van der Waals surface area contributed by atoms with Crippen molar-refractivity contribution in [3.8, 4) is 11.1 Å². The Labute approximate surface area is 424 Å². The van der Waals surface area contributed by atoms with Gasteiger partial charge in [-0.05, 0) is 220 Å². The van der Waals surface area contributed by atoms with Crippen molar-refractivity contribution in [1.82, 2.24) is 0 Å². The molecule has 0 nitrogen and oxygen atoms in total. The molecule has 0 atom stereocenters. The standard InChI is InChI=1S/C25H30.C25H18.C16H24.2C2H6/c1-4-15-6-7-16(5-2)23(8-15)25-12-20-17-9-24(3)10-18(20)22(14-25)19(11-24)21(17)13-25;1-3-11-19(12-4-1)25(20-13-5-2-6-14-20)23-17-9-7-15-21(23)22-16-8-10-18-24(22)25;1-15-3-9-12-6-16(2)7-13(9)11(5-15)14(8-16)10(12)4-15;2*1-2/h4-8,17-22H,1-2,9-14H2,3H3;1-18H;9-14H,3-8H2,1-2H3;2*1-2H3. The molecule has 0 heterocycles. The Morgan fingerprint density at radius 2 is 0.671 bits per heavy atom. The van der Waals surface area contributed by atoms with Crippen molar-refractivity contribution in [2.45, 2.75) is 136 Å². The zero-order valence-electron chi connectivity index (χ0n) is 44.1. The van der Waals surface area contributed by atoms with Crippen LogP contribution in [-0.2, 0) is 10.8 Å². The van der Waals surface area contributed by atoms with Crippen LogP contribution in [0.15, 0.2) is 141 Å². The van der Waals surface area contributed by atoms with Gasteiger partial charge >= 0.3 is 0 Å². The summed E-state index contributed by atoms with van der Waals surface area (Å²) in [5.41, 5.74) is 14.8. The normalized spacial score (nSPS) is 40.3. The lowest BCUT2D eigenvalue weighted by molar-refractivity contribution is -0.249. The summed E-state index contributed by atoms with van der Waals surface area (Å²) >= 11 is 0. The van der Waals surface area contributed by atoms with Crippen molar-refractivity contribution in [3.63, 3.8) is 0 Å². The van der Waals surface area contributed by atoms with E-state index in [0.29, 0.717) is 10.8 Å². The van der Waals surface area contributed by atoms with Crippen LogP contribution in [0.1, 0.15) is 164 Å². The summed E-state index contributed by atoms with van der Waals surface area (Å²) in [5, 5.41) is 0. The maximum atomic E-state index is 4.14. The first-order valence-corrected chi connectivity index (χ1v) is 28.7. The molecule has 70 heavy (non-hydrogen) atoms. The third kappa shape index (κ3) is 6.71. The zero-order valence-corrected chi connectivity index (χ0v) is 44.1. The van der Waals surface area contributed by atoms with E-state index in [2.05, 4.69) is 167 Å². The molecule has 0 saturated heterocycles. The van der Waals surface area contributed by atoms with Crippen LogP contribution in [0.2, 0.25) is 0 Å². The Morgan fingerprint density at radius 3 is 1.00 bits per heavy atom. The average Bonchev–Trinajstić information content (AvgIpc) is 3.71. The maximum absolute atomic E-state index is 4.14. The molecule has 16 bridgehead atoms. The summed E-state index contributed by atoms with van der Waals surface area (Å²) in [5.74, 6) is 13.3. The molecular weight excluding hydrogens is 841 g/mol. The van der Waals surface area contributed by atoms with Gasteiger partial charge < -0.3 is 0 Å². The minimum absolute atomic E-state index is 0.254. The second kappa shape index (κ2) is 17.1. The topological polar surface area (TPSA) is 0 Å². The van der Waals surface area contributed by atoms with Crippen molar-refractivity contribution >= 4 is 12.2 Å². The summed E-state index contributed by atoms with van der Waals surface area (Å²) in [7, 11) is 0. The van der Waals surface area contributed by atoms with Crippen molar-refractivity contribution in [2.24, 2.45) is 87.3 Å². The summed E-state index contributed by atoms with van der Waals surface area (Å²) in [6.07, 6.45) is 22.8. The Morgan fingerprint density at radius 1 is 0.357 bits per heavy atom. The van der Waals surface area contributed by atoms with Gasteiger partial charge in [0.25, 0.3) is 0 Å². The molecule has 5 aromatic carbocycles. The van der Waals surface area contributed by atoms with Gasteiger partial charge in [0.1, 0.15) is 0 Å². The quantitative estimate of drug-likeness (QED) is 0.162. The third-order valence-corrected chi connectivity index (χ3v) is 22.5. The minimum atomic E-state index is -0.254. The lowest BCUT2D eigenvalue weighted by atomic mass is 9.30. The van der Waals surface area contributed by atoms with Gasteiger partial charge in [0.15, 0.2) is 0 Å². The molecule has 15 aliphatic rings. The van der Waals surface area contributed by atoms with E-state index in [1.54, 1.807) is 63.4 Å². The maximum Gasteiger partial charge on any atom is 0.0713 e. The van der Waals surface area contributed by atoms with E-state index in [4.69, 9.17) is 0 Å². The lowest BCUT2D eigenvalue weighted by Gasteiger charge is -2.75. The summed E-state index contributed by atoms with van der Waals surface area (Å²) in [6, 6.07) is 46.4. The van der Waals surface area contributed by atoms with Crippen LogP contribution in [-0.4, -0.2) is 0 Å². The molecule has 0 unspecified atom stereocenters.